The van der Waals surface area contributed by atoms with E-state index in [-0.39, 0.29) is 17.9 Å². The molecule has 2 aliphatic rings. The van der Waals surface area contributed by atoms with Crippen molar-refractivity contribution >= 4 is 41.0 Å². The average molecular weight is 454 g/mol. The van der Waals surface area contributed by atoms with Gasteiger partial charge in [-0.05, 0) is 32.6 Å². The SMILES string of the molecule is CCCN(CCC)C(=O)CSc1nc(Cl)cc(N2CCN(C(=O)C3CC3)C(C)C2)n1. The van der Waals surface area contributed by atoms with E-state index in [4.69, 9.17) is 11.6 Å². The molecular formula is C21H32ClN5O2S. The number of hydrogen-bond acceptors (Lipinski definition) is 6. The van der Waals surface area contributed by atoms with Crippen molar-refractivity contribution in [1.82, 2.24) is 19.8 Å². The second-order valence-electron chi connectivity index (χ2n) is 8.10. The molecule has 3 rings (SSSR count). The third-order valence-corrected chi connectivity index (χ3v) is 6.51. The summed E-state index contributed by atoms with van der Waals surface area (Å²) in [5.41, 5.74) is 0. The normalized spacial score (nSPS) is 19.1. The first-order valence-corrected chi connectivity index (χ1v) is 12.3. The highest BCUT2D eigenvalue weighted by Gasteiger charge is 2.37. The number of halogens is 1. The number of anilines is 1. The molecule has 166 valence electrons. The molecule has 1 aromatic rings. The summed E-state index contributed by atoms with van der Waals surface area (Å²) < 4.78 is 0. The van der Waals surface area contributed by atoms with Crippen molar-refractivity contribution in [2.75, 3.05) is 43.4 Å². The first-order valence-electron chi connectivity index (χ1n) is 10.9. The number of aromatic nitrogens is 2. The number of piperazine rings is 1. The number of amides is 2. The number of thioether (sulfide) groups is 1. The molecule has 1 aliphatic heterocycles. The second-order valence-corrected chi connectivity index (χ2v) is 9.43. The van der Waals surface area contributed by atoms with Crippen molar-refractivity contribution in [1.29, 1.82) is 0 Å². The average Bonchev–Trinajstić information content (AvgIpc) is 3.56. The minimum absolute atomic E-state index is 0.106. The van der Waals surface area contributed by atoms with Gasteiger partial charge in [-0.3, -0.25) is 9.59 Å². The summed E-state index contributed by atoms with van der Waals surface area (Å²) in [5.74, 6) is 1.71. The van der Waals surface area contributed by atoms with Gasteiger partial charge in [0.25, 0.3) is 0 Å². The van der Waals surface area contributed by atoms with Crippen LogP contribution in [0.3, 0.4) is 0 Å². The van der Waals surface area contributed by atoms with Crippen LogP contribution >= 0.6 is 23.4 Å². The maximum absolute atomic E-state index is 12.5. The Bertz CT molecular complexity index is 755. The summed E-state index contributed by atoms with van der Waals surface area (Å²) in [5, 5.41) is 0.890. The van der Waals surface area contributed by atoms with Gasteiger partial charge in [-0.1, -0.05) is 37.2 Å². The van der Waals surface area contributed by atoms with E-state index in [9.17, 15) is 9.59 Å². The van der Waals surface area contributed by atoms with Gasteiger partial charge >= 0.3 is 0 Å². The summed E-state index contributed by atoms with van der Waals surface area (Å²) in [7, 11) is 0. The Morgan fingerprint density at radius 2 is 1.90 bits per heavy atom. The smallest absolute Gasteiger partial charge is 0.233 e. The van der Waals surface area contributed by atoms with E-state index in [2.05, 4.69) is 35.6 Å². The molecule has 1 unspecified atom stereocenters. The Labute approximate surface area is 188 Å². The molecule has 1 atom stereocenters. The molecule has 7 nitrogen and oxygen atoms in total. The molecular weight excluding hydrogens is 422 g/mol. The number of carbonyl (C=O) groups excluding carboxylic acids is 2. The summed E-state index contributed by atoms with van der Waals surface area (Å²) in [4.78, 5) is 40.0. The summed E-state index contributed by atoms with van der Waals surface area (Å²) >= 11 is 7.59. The zero-order chi connectivity index (χ0) is 21.7. The lowest BCUT2D eigenvalue weighted by Crippen LogP contribution is -2.54. The Hall–Kier alpha value is -1.54. The lowest BCUT2D eigenvalue weighted by Gasteiger charge is -2.40. The summed E-state index contributed by atoms with van der Waals surface area (Å²) in [6.45, 7) is 9.92. The van der Waals surface area contributed by atoms with Gasteiger partial charge in [0.1, 0.15) is 11.0 Å². The molecule has 1 saturated heterocycles. The third-order valence-electron chi connectivity index (χ3n) is 5.49. The minimum Gasteiger partial charge on any atom is -0.353 e. The molecule has 1 aliphatic carbocycles. The first kappa shape index (κ1) is 23.1. The van der Waals surface area contributed by atoms with Crippen LogP contribution in [-0.2, 0) is 9.59 Å². The van der Waals surface area contributed by atoms with E-state index in [1.807, 2.05) is 9.80 Å². The summed E-state index contributed by atoms with van der Waals surface area (Å²) in [6, 6.07) is 1.90. The Morgan fingerprint density at radius 3 is 2.50 bits per heavy atom. The van der Waals surface area contributed by atoms with Crippen LogP contribution in [0.5, 0.6) is 0 Å². The van der Waals surface area contributed by atoms with Gasteiger partial charge in [-0.15, -0.1) is 0 Å². The topological polar surface area (TPSA) is 69.6 Å². The Morgan fingerprint density at radius 1 is 1.20 bits per heavy atom. The highest BCUT2D eigenvalue weighted by Crippen LogP contribution is 2.33. The van der Waals surface area contributed by atoms with Gasteiger partial charge in [-0.2, -0.15) is 0 Å². The maximum atomic E-state index is 12.5. The van der Waals surface area contributed by atoms with Crippen LogP contribution in [0, 0.1) is 5.92 Å². The molecule has 0 aromatic carbocycles. The van der Waals surface area contributed by atoms with E-state index < -0.39 is 0 Å². The van der Waals surface area contributed by atoms with E-state index in [1.165, 1.54) is 11.8 Å². The monoisotopic (exact) mass is 453 g/mol. The van der Waals surface area contributed by atoms with Gasteiger partial charge in [-0.25, -0.2) is 9.97 Å². The zero-order valence-corrected chi connectivity index (χ0v) is 19.7. The van der Waals surface area contributed by atoms with Crippen molar-refractivity contribution in [3.05, 3.63) is 11.2 Å². The van der Waals surface area contributed by atoms with Crippen molar-refractivity contribution in [3.8, 4) is 0 Å². The number of hydrogen-bond donors (Lipinski definition) is 0. The maximum Gasteiger partial charge on any atom is 0.233 e. The molecule has 2 amide bonds. The fraction of sp³-hybridized carbons (Fsp3) is 0.714. The quantitative estimate of drug-likeness (QED) is 0.324. The molecule has 0 radical (unpaired) electrons. The van der Waals surface area contributed by atoms with Gasteiger partial charge < -0.3 is 14.7 Å². The van der Waals surface area contributed by atoms with Gasteiger partial charge in [0, 0.05) is 50.7 Å². The van der Waals surface area contributed by atoms with Crippen LogP contribution in [0.15, 0.2) is 11.2 Å². The van der Waals surface area contributed by atoms with E-state index in [0.717, 1.165) is 57.7 Å². The fourth-order valence-corrected chi connectivity index (χ4v) is 4.77. The number of rotatable bonds is 9. The Balaban J connectivity index is 1.61. The summed E-state index contributed by atoms with van der Waals surface area (Å²) in [6.07, 6.45) is 3.95. The third kappa shape index (κ3) is 6.00. The molecule has 2 fully saturated rings. The van der Waals surface area contributed by atoms with Gasteiger partial charge in [0.15, 0.2) is 5.16 Å². The van der Waals surface area contributed by atoms with Crippen LogP contribution in [-0.4, -0.2) is 76.1 Å². The van der Waals surface area contributed by atoms with Crippen molar-refractivity contribution in [2.24, 2.45) is 5.92 Å². The molecule has 2 heterocycles. The van der Waals surface area contributed by atoms with Crippen molar-refractivity contribution in [2.45, 2.75) is 57.7 Å². The zero-order valence-electron chi connectivity index (χ0n) is 18.1. The molecule has 1 aromatic heterocycles. The molecule has 0 N–H and O–H groups in total. The molecule has 0 bridgehead atoms. The second kappa shape index (κ2) is 10.7. The number of carbonyl (C=O) groups is 2. The van der Waals surface area contributed by atoms with Gasteiger partial charge in [0.05, 0.1) is 5.75 Å². The van der Waals surface area contributed by atoms with Crippen LogP contribution in [0.2, 0.25) is 5.15 Å². The molecule has 1 saturated carbocycles. The first-order chi connectivity index (χ1) is 14.4. The highest BCUT2D eigenvalue weighted by atomic mass is 35.5. The molecule has 0 spiro atoms. The van der Waals surface area contributed by atoms with Crippen molar-refractivity contribution < 1.29 is 9.59 Å². The van der Waals surface area contributed by atoms with E-state index in [1.54, 1.807) is 6.07 Å². The Kier molecular flexibility index (Phi) is 8.22. The van der Waals surface area contributed by atoms with Gasteiger partial charge in [0.2, 0.25) is 11.8 Å². The predicted octanol–water partition coefficient (Wildman–Crippen LogP) is 3.32. The van der Waals surface area contributed by atoms with Crippen LogP contribution < -0.4 is 4.90 Å². The molecule has 9 heteroatoms. The van der Waals surface area contributed by atoms with Crippen molar-refractivity contribution in [3.63, 3.8) is 0 Å². The van der Waals surface area contributed by atoms with E-state index >= 15 is 0 Å². The van der Waals surface area contributed by atoms with Crippen LogP contribution in [0.1, 0.15) is 46.5 Å². The highest BCUT2D eigenvalue weighted by molar-refractivity contribution is 7.99. The molecule has 30 heavy (non-hydrogen) atoms. The lowest BCUT2D eigenvalue weighted by molar-refractivity contribution is -0.135. The lowest BCUT2D eigenvalue weighted by atomic mass is 10.1. The van der Waals surface area contributed by atoms with E-state index in [0.29, 0.717) is 28.5 Å². The predicted molar refractivity (Wildman–Crippen MR) is 121 cm³/mol. The minimum atomic E-state index is 0.106. The van der Waals surface area contributed by atoms with Crippen LogP contribution in [0.4, 0.5) is 5.82 Å². The fourth-order valence-electron chi connectivity index (χ4n) is 3.79. The standard InChI is InChI=1S/C21H32ClN5O2S/c1-4-8-25(9-5-2)19(28)14-30-21-23-17(22)12-18(24-21)26-10-11-27(15(3)13-26)20(29)16-6-7-16/h12,15-16H,4-11,13-14H2,1-3H3. The number of nitrogens with zero attached hydrogens (tertiary/aromatic N) is 5. The van der Waals surface area contributed by atoms with Crippen LogP contribution in [0.25, 0.3) is 0 Å². The largest absolute Gasteiger partial charge is 0.353 e.